The molecule has 0 saturated carbocycles. The first-order chi connectivity index (χ1) is 4.96. The fourth-order valence-electron chi connectivity index (χ4n) is 0.203. The second-order valence-electron chi connectivity index (χ2n) is 1.56. The number of ether oxygens (including phenoxy) is 1. The molecule has 74 valence electrons. The maximum atomic E-state index is 12.3. The molecule has 1 nitrogen and oxygen atoms in total. The van der Waals surface area contributed by atoms with E-state index in [0.29, 0.717) is 0 Å². The molecule has 0 saturated heterocycles. The van der Waals surface area contributed by atoms with Crippen LogP contribution in [0.4, 0.5) is 17.6 Å². The first-order valence-electron chi connectivity index (χ1n) is 2.17. The highest BCUT2D eigenvalue weighted by Crippen LogP contribution is 2.44. The Balaban J connectivity index is 4.44. The van der Waals surface area contributed by atoms with Gasteiger partial charge in [-0.1, -0.05) is 34.8 Å². The largest absolute Gasteiger partial charge is 0.464 e. The van der Waals surface area contributed by atoms with Crippen LogP contribution in [0.15, 0.2) is 0 Å². The smallest absolute Gasteiger partial charge is 0.276 e. The molecular formula is C3Cl4F4O. The van der Waals surface area contributed by atoms with Gasteiger partial charge in [0.15, 0.2) is 0 Å². The Kier molecular flexibility index (Phi) is 3.78. The quantitative estimate of drug-likeness (QED) is 0.520. The average Bonchev–Trinajstić information content (AvgIpc) is 1.52. The lowest BCUT2D eigenvalue weighted by Gasteiger charge is -2.24. The van der Waals surface area contributed by atoms with Crippen molar-refractivity contribution in [2.45, 2.75) is 15.5 Å². The molecule has 0 fully saturated rings. The van der Waals surface area contributed by atoms with E-state index in [1.165, 1.54) is 0 Å². The van der Waals surface area contributed by atoms with Gasteiger partial charge < -0.3 is 0 Å². The van der Waals surface area contributed by atoms with Crippen molar-refractivity contribution in [3.05, 3.63) is 0 Å². The van der Waals surface area contributed by atoms with Crippen molar-refractivity contribution in [3.8, 4) is 0 Å². The van der Waals surface area contributed by atoms with Gasteiger partial charge in [0.2, 0.25) is 0 Å². The average molecular weight is 270 g/mol. The van der Waals surface area contributed by atoms with Gasteiger partial charge in [0.25, 0.3) is 0 Å². The molecule has 0 amide bonds. The standard InChI is InChI=1S/C3Cl4F4O/c4-1(8,2(9,10)11)12-3(5,6)7. The number of halogens is 8. The zero-order valence-electron chi connectivity index (χ0n) is 4.93. The molecule has 0 N–H and O–H groups in total. The summed E-state index contributed by atoms with van der Waals surface area (Å²) in [6, 6.07) is 0. The number of alkyl halides is 8. The first-order valence-corrected chi connectivity index (χ1v) is 3.68. The second-order valence-corrected chi connectivity index (χ2v) is 4.23. The maximum Gasteiger partial charge on any atom is 0.464 e. The first kappa shape index (κ1) is 12.8. The van der Waals surface area contributed by atoms with E-state index in [1.54, 1.807) is 0 Å². The minimum atomic E-state index is -5.47. The minimum absolute atomic E-state index is 2.87. The van der Waals surface area contributed by atoms with E-state index in [2.05, 4.69) is 16.3 Å². The normalized spacial score (nSPS) is 19.0. The van der Waals surface area contributed by atoms with E-state index < -0.39 is 15.5 Å². The lowest BCUT2D eigenvalue weighted by Crippen LogP contribution is -2.41. The third kappa shape index (κ3) is 4.18. The highest BCUT2D eigenvalue weighted by molar-refractivity contribution is 6.66. The molecule has 0 rings (SSSR count). The van der Waals surface area contributed by atoms with Gasteiger partial charge in [-0.2, -0.15) is 17.6 Å². The molecule has 0 bridgehead atoms. The van der Waals surface area contributed by atoms with Crippen molar-refractivity contribution in [3.63, 3.8) is 0 Å². The molecule has 0 aromatic carbocycles. The Labute approximate surface area is 84.5 Å². The summed E-state index contributed by atoms with van der Waals surface area (Å²) >= 11 is 18.4. The third-order valence-electron chi connectivity index (χ3n) is 0.574. The Morgan fingerprint density at radius 3 is 1.25 bits per heavy atom. The summed E-state index contributed by atoms with van der Waals surface area (Å²) in [6.45, 7) is 0. The van der Waals surface area contributed by atoms with Gasteiger partial charge in [-0.05, 0) is 11.6 Å². The van der Waals surface area contributed by atoms with Crippen LogP contribution in [0, 0.1) is 0 Å². The fourth-order valence-corrected chi connectivity index (χ4v) is 0.756. The van der Waals surface area contributed by atoms with Gasteiger partial charge in [-0.3, -0.25) is 4.74 Å². The van der Waals surface area contributed by atoms with Crippen molar-refractivity contribution in [1.29, 1.82) is 0 Å². The van der Waals surface area contributed by atoms with Crippen LogP contribution in [-0.2, 0) is 4.74 Å². The molecule has 0 aliphatic heterocycles. The SMILES string of the molecule is FC(F)(F)C(F)(Cl)OC(Cl)(Cl)Cl. The third-order valence-corrected chi connectivity index (χ3v) is 1.10. The Morgan fingerprint density at radius 1 is 0.833 bits per heavy atom. The van der Waals surface area contributed by atoms with E-state index in [-0.39, 0.29) is 0 Å². The Morgan fingerprint density at radius 2 is 1.17 bits per heavy atom. The Hall–Kier alpha value is 0.840. The molecule has 0 spiro atoms. The van der Waals surface area contributed by atoms with Gasteiger partial charge in [0.05, 0.1) is 0 Å². The van der Waals surface area contributed by atoms with Crippen molar-refractivity contribution in [1.82, 2.24) is 0 Å². The molecular weight excluding hydrogens is 270 g/mol. The van der Waals surface area contributed by atoms with E-state index in [1.807, 2.05) is 0 Å². The molecule has 9 heteroatoms. The summed E-state index contributed by atoms with van der Waals surface area (Å²) in [6.07, 6.45) is -5.47. The summed E-state index contributed by atoms with van der Waals surface area (Å²) in [7, 11) is 0. The molecule has 0 heterocycles. The van der Waals surface area contributed by atoms with Crippen molar-refractivity contribution in [2.75, 3.05) is 0 Å². The summed E-state index contributed by atoms with van der Waals surface area (Å²) in [5, 5.41) is -4.50. The molecule has 0 aromatic heterocycles. The van der Waals surface area contributed by atoms with Crippen LogP contribution >= 0.6 is 46.4 Å². The zero-order valence-corrected chi connectivity index (χ0v) is 7.96. The van der Waals surface area contributed by atoms with Crippen LogP contribution in [0.25, 0.3) is 0 Å². The van der Waals surface area contributed by atoms with Gasteiger partial charge >= 0.3 is 15.5 Å². The predicted molar refractivity (Wildman–Crippen MR) is 37.1 cm³/mol. The van der Waals surface area contributed by atoms with E-state index >= 15 is 0 Å². The maximum absolute atomic E-state index is 12.3. The second kappa shape index (κ2) is 3.53. The van der Waals surface area contributed by atoms with Gasteiger partial charge in [0.1, 0.15) is 0 Å². The topological polar surface area (TPSA) is 9.23 Å². The number of hydrogen-bond donors (Lipinski definition) is 0. The van der Waals surface area contributed by atoms with Gasteiger partial charge in [-0.25, -0.2) is 0 Å². The van der Waals surface area contributed by atoms with E-state index in [0.717, 1.165) is 0 Å². The highest BCUT2D eigenvalue weighted by Gasteiger charge is 2.60. The van der Waals surface area contributed by atoms with Crippen molar-refractivity contribution >= 4 is 46.4 Å². The molecule has 0 radical (unpaired) electrons. The van der Waals surface area contributed by atoms with Gasteiger partial charge in [-0.15, -0.1) is 0 Å². The van der Waals surface area contributed by atoms with Crippen LogP contribution in [0.5, 0.6) is 0 Å². The van der Waals surface area contributed by atoms with Crippen LogP contribution in [0.2, 0.25) is 0 Å². The molecule has 1 atom stereocenters. The monoisotopic (exact) mass is 268 g/mol. The van der Waals surface area contributed by atoms with Crippen LogP contribution in [-0.4, -0.2) is 15.5 Å². The van der Waals surface area contributed by atoms with E-state index in [9.17, 15) is 17.6 Å². The molecule has 0 aromatic rings. The molecule has 0 aliphatic rings. The minimum Gasteiger partial charge on any atom is -0.276 e. The lowest BCUT2D eigenvalue weighted by atomic mass is 10.6. The van der Waals surface area contributed by atoms with Gasteiger partial charge in [0, 0.05) is 0 Å². The van der Waals surface area contributed by atoms with Crippen molar-refractivity contribution < 1.29 is 22.3 Å². The van der Waals surface area contributed by atoms with Crippen molar-refractivity contribution in [2.24, 2.45) is 0 Å². The molecule has 0 aliphatic carbocycles. The van der Waals surface area contributed by atoms with Crippen LogP contribution < -0.4 is 0 Å². The van der Waals surface area contributed by atoms with Crippen LogP contribution in [0.3, 0.4) is 0 Å². The Bertz CT molecular complexity index is 161. The number of hydrogen-bond acceptors (Lipinski definition) is 1. The summed E-state index contributed by atoms with van der Waals surface area (Å²) in [4.78, 5) is 0. The fraction of sp³-hybridized carbons (Fsp3) is 1.00. The number of rotatable bonds is 1. The molecule has 12 heavy (non-hydrogen) atoms. The predicted octanol–water partition coefficient (Wildman–Crippen LogP) is 3.76. The summed E-state index contributed by atoms with van der Waals surface area (Å²) in [5.41, 5.74) is 0. The molecule has 1 unspecified atom stereocenters. The lowest BCUT2D eigenvalue weighted by molar-refractivity contribution is -0.292. The highest BCUT2D eigenvalue weighted by atomic mass is 35.6. The van der Waals surface area contributed by atoms with Crippen LogP contribution in [0.1, 0.15) is 0 Å². The summed E-state index contributed by atoms with van der Waals surface area (Å²) < 4.78 is 47.3. The summed E-state index contributed by atoms with van der Waals surface area (Å²) in [5.74, 6) is 0. The van der Waals surface area contributed by atoms with E-state index in [4.69, 9.17) is 34.8 Å². The zero-order chi connectivity index (χ0) is 10.2.